The smallest absolute Gasteiger partial charge is 0.209 e. The van der Waals surface area contributed by atoms with Crippen molar-refractivity contribution < 1.29 is 8.42 Å². The average molecular weight is 318 g/mol. The maximum Gasteiger partial charge on any atom is 0.209 e. The van der Waals surface area contributed by atoms with Crippen LogP contribution in [0.1, 0.15) is 0 Å². The lowest BCUT2D eigenvalue weighted by Crippen LogP contribution is -2.06. The van der Waals surface area contributed by atoms with E-state index in [-0.39, 0.29) is 15.5 Å². The molecule has 0 atom stereocenters. The Morgan fingerprint density at radius 1 is 0.857 bits per heavy atom. The summed E-state index contributed by atoms with van der Waals surface area (Å²) in [5, 5.41) is 1.94. The summed E-state index contributed by atoms with van der Waals surface area (Å²) >= 11 is 5.81. The van der Waals surface area contributed by atoms with Gasteiger partial charge in [-0.2, -0.15) is 0 Å². The van der Waals surface area contributed by atoms with E-state index in [2.05, 4.69) is 0 Å². The molecule has 0 amide bonds. The van der Waals surface area contributed by atoms with Crippen LogP contribution in [0.3, 0.4) is 0 Å². The molecule has 0 unspecified atom stereocenters. The SMILES string of the molecule is Nc1ccc2ccccc2c1S(=O)(=O)c1ccc(Cl)cc1. The van der Waals surface area contributed by atoms with Gasteiger partial charge in [-0.05, 0) is 35.7 Å². The summed E-state index contributed by atoms with van der Waals surface area (Å²) in [6.07, 6.45) is 0. The number of nitrogens with two attached hydrogens (primary N) is 1. The fraction of sp³-hybridized carbons (Fsp3) is 0. The minimum absolute atomic E-state index is 0.142. The Hall–Kier alpha value is -2.04. The van der Waals surface area contributed by atoms with E-state index in [1.807, 2.05) is 18.2 Å². The zero-order valence-corrected chi connectivity index (χ0v) is 12.5. The second kappa shape index (κ2) is 5.06. The minimum Gasteiger partial charge on any atom is -0.398 e. The molecule has 0 saturated heterocycles. The van der Waals surface area contributed by atoms with Gasteiger partial charge in [-0.25, -0.2) is 8.42 Å². The number of hydrogen-bond donors (Lipinski definition) is 1. The largest absolute Gasteiger partial charge is 0.398 e. The lowest BCUT2D eigenvalue weighted by Gasteiger charge is -2.11. The summed E-state index contributed by atoms with van der Waals surface area (Å²) in [5.41, 5.74) is 6.17. The van der Waals surface area contributed by atoms with E-state index >= 15 is 0 Å². The van der Waals surface area contributed by atoms with Crippen LogP contribution in [0.5, 0.6) is 0 Å². The van der Waals surface area contributed by atoms with E-state index in [0.717, 1.165) is 5.39 Å². The molecule has 0 bridgehead atoms. The highest BCUT2D eigenvalue weighted by Gasteiger charge is 2.23. The van der Waals surface area contributed by atoms with E-state index in [4.69, 9.17) is 17.3 Å². The van der Waals surface area contributed by atoms with Gasteiger partial charge < -0.3 is 5.73 Å². The van der Waals surface area contributed by atoms with Crippen molar-refractivity contribution in [3.63, 3.8) is 0 Å². The molecule has 106 valence electrons. The Labute approximate surface area is 127 Å². The van der Waals surface area contributed by atoms with Gasteiger partial charge in [-0.3, -0.25) is 0 Å². The Morgan fingerprint density at radius 3 is 2.24 bits per heavy atom. The van der Waals surface area contributed by atoms with Gasteiger partial charge in [-0.1, -0.05) is 41.9 Å². The van der Waals surface area contributed by atoms with Crippen molar-refractivity contribution in [3.8, 4) is 0 Å². The molecule has 3 aromatic carbocycles. The number of halogens is 1. The average Bonchev–Trinajstić information content (AvgIpc) is 2.47. The predicted octanol–water partition coefficient (Wildman–Crippen LogP) is 3.91. The molecule has 3 aromatic rings. The van der Waals surface area contributed by atoms with Crippen LogP contribution < -0.4 is 5.73 Å². The highest BCUT2D eigenvalue weighted by Crippen LogP contribution is 2.33. The summed E-state index contributed by atoms with van der Waals surface area (Å²) in [5.74, 6) is 0. The fourth-order valence-corrected chi connectivity index (χ4v) is 4.00. The van der Waals surface area contributed by atoms with E-state index in [1.54, 1.807) is 30.3 Å². The molecule has 0 fully saturated rings. The molecule has 3 nitrogen and oxygen atoms in total. The third-order valence-corrected chi connectivity index (χ3v) is 5.44. The zero-order chi connectivity index (χ0) is 15.0. The zero-order valence-electron chi connectivity index (χ0n) is 11.0. The Kier molecular flexibility index (Phi) is 3.35. The number of rotatable bonds is 2. The van der Waals surface area contributed by atoms with Crippen LogP contribution in [0.2, 0.25) is 5.02 Å². The molecule has 0 aromatic heterocycles. The molecule has 0 spiro atoms. The first-order valence-electron chi connectivity index (χ1n) is 6.28. The second-order valence-electron chi connectivity index (χ2n) is 4.66. The Morgan fingerprint density at radius 2 is 1.52 bits per heavy atom. The summed E-state index contributed by atoms with van der Waals surface area (Å²) in [7, 11) is -3.70. The molecule has 0 saturated carbocycles. The molecule has 0 aliphatic heterocycles. The number of hydrogen-bond acceptors (Lipinski definition) is 3. The molecular formula is C16H12ClNO2S. The lowest BCUT2D eigenvalue weighted by molar-refractivity contribution is 0.597. The van der Waals surface area contributed by atoms with Gasteiger partial charge in [0.2, 0.25) is 9.84 Å². The lowest BCUT2D eigenvalue weighted by atomic mass is 10.1. The molecule has 2 N–H and O–H groups in total. The number of fused-ring (bicyclic) bond motifs is 1. The fourth-order valence-electron chi connectivity index (χ4n) is 2.29. The van der Waals surface area contributed by atoms with Crippen LogP contribution in [0.15, 0.2) is 70.5 Å². The van der Waals surface area contributed by atoms with Gasteiger partial charge in [0, 0.05) is 10.4 Å². The minimum atomic E-state index is -3.70. The van der Waals surface area contributed by atoms with Crippen molar-refractivity contribution >= 4 is 37.9 Å². The second-order valence-corrected chi connectivity index (χ2v) is 6.99. The van der Waals surface area contributed by atoms with Gasteiger partial charge in [0.1, 0.15) is 4.90 Å². The van der Waals surface area contributed by atoms with Crippen LogP contribution in [0.4, 0.5) is 5.69 Å². The molecule has 5 heteroatoms. The van der Waals surface area contributed by atoms with Gasteiger partial charge in [0.05, 0.1) is 10.6 Å². The monoisotopic (exact) mass is 317 g/mol. The van der Waals surface area contributed by atoms with E-state index in [0.29, 0.717) is 10.4 Å². The summed E-state index contributed by atoms with van der Waals surface area (Å²) < 4.78 is 25.7. The third-order valence-electron chi connectivity index (χ3n) is 3.30. The van der Waals surface area contributed by atoms with Crippen molar-refractivity contribution in [1.82, 2.24) is 0 Å². The van der Waals surface area contributed by atoms with Crippen molar-refractivity contribution in [3.05, 3.63) is 65.7 Å². The number of sulfone groups is 1. The third kappa shape index (κ3) is 2.37. The van der Waals surface area contributed by atoms with Crippen LogP contribution in [-0.2, 0) is 9.84 Å². The topological polar surface area (TPSA) is 60.2 Å². The summed E-state index contributed by atoms with van der Waals surface area (Å²) in [6, 6.07) is 16.8. The number of benzene rings is 3. The maximum absolute atomic E-state index is 12.9. The first kappa shape index (κ1) is 13.9. The molecule has 21 heavy (non-hydrogen) atoms. The number of anilines is 1. The standard InChI is InChI=1S/C16H12ClNO2S/c17-12-6-8-13(9-7-12)21(19,20)16-14-4-2-1-3-11(14)5-10-15(16)18/h1-10H,18H2. The molecule has 0 aliphatic carbocycles. The highest BCUT2D eigenvalue weighted by molar-refractivity contribution is 7.92. The van der Waals surface area contributed by atoms with Crippen molar-refractivity contribution in [2.75, 3.05) is 5.73 Å². The van der Waals surface area contributed by atoms with E-state index in [9.17, 15) is 8.42 Å². The van der Waals surface area contributed by atoms with Crippen LogP contribution in [0, 0.1) is 0 Å². The summed E-state index contributed by atoms with van der Waals surface area (Å²) in [6.45, 7) is 0. The Balaban J connectivity index is 2.33. The van der Waals surface area contributed by atoms with Gasteiger partial charge >= 0.3 is 0 Å². The molecule has 0 aliphatic rings. The van der Waals surface area contributed by atoms with Crippen LogP contribution in [0.25, 0.3) is 10.8 Å². The molecule has 3 rings (SSSR count). The van der Waals surface area contributed by atoms with E-state index < -0.39 is 9.84 Å². The van der Waals surface area contributed by atoms with Crippen LogP contribution in [-0.4, -0.2) is 8.42 Å². The van der Waals surface area contributed by atoms with Crippen molar-refractivity contribution in [2.24, 2.45) is 0 Å². The van der Waals surface area contributed by atoms with Crippen molar-refractivity contribution in [1.29, 1.82) is 0 Å². The summed E-state index contributed by atoms with van der Waals surface area (Å²) in [4.78, 5) is 0.317. The predicted molar refractivity (Wildman–Crippen MR) is 85.3 cm³/mol. The van der Waals surface area contributed by atoms with Crippen molar-refractivity contribution in [2.45, 2.75) is 9.79 Å². The van der Waals surface area contributed by atoms with Gasteiger partial charge in [0.25, 0.3) is 0 Å². The number of nitrogen functional groups attached to an aromatic ring is 1. The van der Waals surface area contributed by atoms with Gasteiger partial charge in [-0.15, -0.1) is 0 Å². The first-order valence-corrected chi connectivity index (χ1v) is 8.14. The normalized spacial score (nSPS) is 11.7. The molecule has 0 radical (unpaired) electrons. The maximum atomic E-state index is 12.9. The van der Waals surface area contributed by atoms with E-state index in [1.165, 1.54) is 12.1 Å². The van der Waals surface area contributed by atoms with Gasteiger partial charge in [0.15, 0.2) is 0 Å². The Bertz CT molecular complexity index is 919. The first-order chi connectivity index (χ1) is 10.00. The molecular weight excluding hydrogens is 306 g/mol. The molecule has 0 heterocycles. The quantitative estimate of drug-likeness (QED) is 0.729. The van der Waals surface area contributed by atoms with Crippen LogP contribution >= 0.6 is 11.6 Å². The highest BCUT2D eigenvalue weighted by atomic mass is 35.5.